The van der Waals surface area contributed by atoms with Crippen molar-refractivity contribution in [3.05, 3.63) is 0 Å². The number of rotatable bonds is 29. The van der Waals surface area contributed by atoms with Gasteiger partial charge in [-0.2, -0.15) is 8.42 Å². The number of aliphatic hydroxyl groups is 2. The molecule has 0 aromatic rings. The van der Waals surface area contributed by atoms with Gasteiger partial charge in [-0.1, -0.05) is 136 Å². The Morgan fingerprint density at radius 2 is 1.22 bits per heavy atom. The third-order valence-electron chi connectivity index (χ3n) is 8.84. The van der Waals surface area contributed by atoms with E-state index >= 15 is 0 Å². The van der Waals surface area contributed by atoms with Gasteiger partial charge in [0.05, 0.1) is 18.6 Å². The Morgan fingerprint density at radius 3 is 1.67 bits per heavy atom. The zero-order valence-corrected chi connectivity index (χ0v) is 29.4. The van der Waals surface area contributed by atoms with E-state index in [1.54, 1.807) is 0 Å². The lowest BCUT2D eigenvalue weighted by atomic mass is 9.84. The van der Waals surface area contributed by atoms with Crippen molar-refractivity contribution in [2.24, 2.45) is 11.7 Å². The van der Waals surface area contributed by atoms with Crippen LogP contribution in [-0.2, 0) is 33.6 Å². The minimum atomic E-state index is -5.07. The molecular weight excluding hydrogens is 614 g/mol. The Balaban J connectivity index is 2.68. The van der Waals surface area contributed by atoms with E-state index < -0.39 is 65.3 Å². The summed E-state index contributed by atoms with van der Waals surface area (Å²) < 4.78 is 48.6. The summed E-state index contributed by atoms with van der Waals surface area (Å²) in [6.45, 7) is 3.63. The molecule has 0 aromatic carbocycles. The third kappa shape index (κ3) is 19.6. The molecule has 1 unspecified atom stereocenters. The Bertz CT molecular complexity index is 902. The predicted octanol–water partition coefficient (Wildman–Crippen LogP) is 6.32. The fourth-order valence-electron chi connectivity index (χ4n) is 6.18. The van der Waals surface area contributed by atoms with Crippen molar-refractivity contribution >= 4 is 22.2 Å². The second-order valence-electron chi connectivity index (χ2n) is 13.0. The number of ketones is 1. The normalized spacial score (nSPS) is 22.5. The molecule has 46 heavy (non-hydrogen) atoms. The van der Waals surface area contributed by atoms with Gasteiger partial charge in [0.2, 0.25) is 0 Å². The Kier molecular flexibility index (Phi) is 24.1. The van der Waals surface area contributed by atoms with Crippen LogP contribution in [0.5, 0.6) is 0 Å². The number of nitrogens with two attached hydrogens (primary N) is 1. The quantitative estimate of drug-likeness (QED) is 0.0394. The predicted molar refractivity (Wildman–Crippen MR) is 178 cm³/mol. The number of carbonyl (C=O) groups excluding carboxylic acids is 2. The molecule has 1 fully saturated rings. The van der Waals surface area contributed by atoms with E-state index in [0.717, 1.165) is 51.4 Å². The fraction of sp³-hybridized carbons (Fsp3) is 0.941. The van der Waals surface area contributed by atoms with E-state index in [-0.39, 0.29) is 12.8 Å². The maximum absolute atomic E-state index is 13.4. The first kappa shape index (κ1) is 42.9. The maximum atomic E-state index is 13.4. The molecule has 272 valence electrons. The van der Waals surface area contributed by atoms with Crippen molar-refractivity contribution < 1.29 is 46.4 Å². The Labute approximate surface area is 278 Å². The van der Waals surface area contributed by atoms with Gasteiger partial charge in [0.15, 0.2) is 0 Å². The molecular formula is C34H65NO10S. The van der Waals surface area contributed by atoms with Gasteiger partial charge in [0.1, 0.15) is 30.3 Å². The number of Topliss-reactive ketones (excluding diaryl/α,β-unsaturated/α-hetero) is 1. The second kappa shape index (κ2) is 25.8. The van der Waals surface area contributed by atoms with E-state index in [1.807, 2.05) is 0 Å². The van der Waals surface area contributed by atoms with Gasteiger partial charge in [0, 0.05) is 12.8 Å². The highest BCUT2D eigenvalue weighted by Crippen LogP contribution is 2.32. The summed E-state index contributed by atoms with van der Waals surface area (Å²) in [5.74, 6) is -2.62. The highest BCUT2D eigenvalue weighted by molar-refractivity contribution is 7.80. The molecule has 0 amide bonds. The Hall–Kier alpha value is -1.15. The van der Waals surface area contributed by atoms with Crippen molar-refractivity contribution in [3.8, 4) is 0 Å². The van der Waals surface area contributed by atoms with Gasteiger partial charge in [-0.15, -0.1) is 0 Å². The topological polar surface area (TPSA) is 183 Å². The zero-order chi connectivity index (χ0) is 34.2. The van der Waals surface area contributed by atoms with Crippen molar-refractivity contribution in [2.45, 2.75) is 192 Å². The zero-order valence-electron chi connectivity index (χ0n) is 28.6. The minimum Gasteiger partial charge on any atom is -0.458 e. The first-order valence-corrected chi connectivity index (χ1v) is 19.5. The number of aliphatic hydroxyl groups excluding tert-OH is 2. The molecule has 0 bridgehead atoms. The van der Waals surface area contributed by atoms with Gasteiger partial charge >= 0.3 is 16.4 Å². The SMILES string of the molecule is CCCCCCCCCCCCCC(=O)O[C@H]1[C@H](OS(=O)(=O)O)[C@@H](CO)OC(N)[C@@H]1C(=O)C[C@H](O)CCCCCCCCCCC. The van der Waals surface area contributed by atoms with Crippen LogP contribution in [-0.4, -0.2) is 72.2 Å². The molecule has 0 saturated carbocycles. The van der Waals surface area contributed by atoms with E-state index in [2.05, 4.69) is 13.8 Å². The largest absolute Gasteiger partial charge is 0.458 e. The molecule has 6 atom stereocenters. The van der Waals surface area contributed by atoms with Crippen LogP contribution in [0.4, 0.5) is 0 Å². The van der Waals surface area contributed by atoms with E-state index in [1.165, 1.54) is 70.6 Å². The van der Waals surface area contributed by atoms with Gasteiger partial charge < -0.3 is 25.4 Å². The summed E-state index contributed by atoms with van der Waals surface area (Å²) >= 11 is 0. The van der Waals surface area contributed by atoms with Crippen molar-refractivity contribution in [2.75, 3.05) is 6.61 Å². The fourth-order valence-corrected chi connectivity index (χ4v) is 6.70. The summed E-state index contributed by atoms with van der Waals surface area (Å²) in [6.07, 6.45) is 15.4. The van der Waals surface area contributed by atoms with Crippen LogP contribution in [0, 0.1) is 5.92 Å². The molecule has 1 aliphatic rings. The standard InChI is InChI=1S/C34H65NO10S/c1-3-5-7-9-11-13-14-16-18-20-22-24-30(39)44-33-31(34(35)43-29(26-36)32(33)45-46(40,41)42)28(38)25-27(37)23-21-19-17-15-12-10-8-6-4-2/h27,29,31-34,36-37H,3-26,35H2,1-2H3,(H,40,41,42)/t27-,29-,31-,32-,33-,34?/m1/s1. The van der Waals surface area contributed by atoms with Crippen LogP contribution >= 0.6 is 0 Å². The molecule has 0 radical (unpaired) electrons. The van der Waals surface area contributed by atoms with Crippen LogP contribution in [0.25, 0.3) is 0 Å². The lowest BCUT2D eigenvalue weighted by Crippen LogP contribution is -2.62. The van der Waals surface area contributed by atoms with E-state index in [0.29, 0.717) is 12.8 Å². The molecule has 0 spiro atoms. The molecule has 0 aliphatic carbocycles. The minimum absolute atomic E-state index is 0.0359. The maximum Gasteiger partial charge on any atom is 0.397 e. The van der Waals surface area contributed by atoms with Crippen LogP contribution < -0.4 is 5.73 Å². The number of hydrogen-bond acceptors (Lipinski definition) is 10. The van der Waals surface area contributed by atoms with Gasteiger partial charge in [-0.25, -0.2) is 4.18 Å². The van der Waals surface area contributed by atoms with Crippen molar-refractivity contribution in [3.63, 3.8) is 0 Å². The van der Waals surface area contributed by atoms with Crippen LogP contribution in [0.15, 0.2) is 0 Å². The monoisotopic (exact) mass is 679 g/mol. The van der Waals surface area contributed by atoms with E-state index in [9.17, 15) is 32.8 Å². The molecule has 12 heteroatoms. The number of carbonyl (C=O) groups is 2. The average molecular weight is 680 g/mol. The molecule has 0 aromatic heterocycles. The molecule has 5 N–H and O–H groups in total. The van der Waals surface area contributed by atoms with Gasteiger partial charge in [-0.3, -0.25) is 14.1 Å². The lowest BCUT2D eigenvalue weighted by molar-refractivity contribution is -0.214. The summed E-state index contributed by atoms with van der Waals surface area (Å²) in [5, 5.41) is 20.4. The summed E-state index contributed by atoms with van der Waals surface area (Å²) in [6, 6.07) is 0. The summed E-state index contributed by atoms with van der Waals surface area (Å²) in [5.41, 5.74) is 6.13. The highest BCUT2D eigenvalue weighted by atomic mass is 32.3. The molecule has 11 nitrogen and oxygen atoms in total. The van der Waals surface area contributed by atoms with Crippen molar-refractivity contribution in [1.82, 2.24) is 0 Å². The summed E-state index contributed by atoms with van der Waals surface area (Å²) in [7, 11) is -5.07. The lowest BCUT2D eigenvalue weighted by Gasteiger charge is -2.43. The van der Waals surface area contributed by atoms with Crippen LogP contribution in [0.1, 0.15) is 162 Å². The van der Waals surface area contributed by atoms with Crippen LogP contribution in [0.2, 0.25) is 0 Å². The van der Waals surface area contributed by atoms with Crippen LogP contribution in [0.3, 0.4) is 0 Å². The van der Waals surface area contributed by atoms with Gasteiger partial charge in [-0.05, 0) is 12.8 Å². The third-order valence-corrected chi connectivity index (χ3v) is 9.31. The second-order valence-corrected chi connectivity index (χ2v) is 14.1. The Morgan fingerprint density at radius 1 is 0.761 bits per heavy atom. The number of unbranched alkanes of at least 4 members (excludes halogenated alkanes) is 18. The summed E-state index contributed by atoms with van der Waals surface area (Å²) in [4.78, 5) is 26.3. The molecule has 1 aliphatic heterocycles. The first-order valence-electron chi connectivity index (χ1n) is 18.1. The molecule has 1 rings (SSSR count). The average Bonchev–Trinajstić information content (AvgIpc) is 2.99. The van der Waals surface area contributed by atoms with Gasteiger partial charge in [0.25, 0.3) is 0 Å². The van der Waals surface area contributed by atoms with E-state index in [4.69, 9.17) is 19.4 Å². The number of esters is 1. The van der Waals surface area contributed by atoms with Crippen molar-refractivity contribution in [1.29, 1.82) is 0 Å². The molecule has 1 saturated heterocycles. The smallest absolute Gasteiger partial charge is 0.397 e. The number of hydrogen-bond donors (Lipinski definition) is 4. The first-order chi connectivity index (χ1) is 22.0. The molecule has 1 heterocycles. The number of ether oxygens (including phenoxy) is 2. The highest BCUT2D eigenvalue weighted by Gasteiger charge is 2.52.